The third kappa shape index (κ3) is 2.73. The molecule has 4 saturated carbocycles. The molecule has 0 aliphatic heterocycles. The van der Waals surface area contributed by atoms with Crippen LogP contribution in [0.3, 0.4) is 0 Å². The van der Waals surface area contributed by atoms with Crippen LogP contribution in [0.15, 0.2) is 30.3 Å². The highest BCUT2D eigenvalue weighted by atomic mass is 16.3. The summed E-state index contributed by atoms with van der Waals surface area (Å²) in [5.74, 6) is 1.92. The van der Waals surface area contributed by atoms with Crippen molar-refractivity contribution in [3.63, 3.8) is 0 Å². The number of aromatic nitrogens is 2. The number of nitrogens with zero attached hydrogens (tertiary/aromatic N) is 3. The van der Waals surface area contributed by atoms with Crippen molar-refractivity contribution in [1.82, 2.24) is 9.78 Å². The Balaban J connectivity index is 1.61. The van der Waals surface area contributed by atoms with Gasteiger partial charge in [-0.3, -0.25) is 9.48 Å². The molecule has 1 aromatic heterocycles. The van der Waals surface area contributed by atoms with Gasteiger partial charge in [-0.2, -0.15) is 5.10 Å². The predicted octanol–water partition coefficient (Wildman–Crippen LogP) is 2.91. The van der Waals surface area contributed by atoms with Crippen molar-refractivity contribution in [3.05, 3.63) is 41.6 Å². The molecule has 3 N–H and O–H groups in total. The first-order valence-electron chi connectivity index (χ1n) is 10.3. The van der Waals surface area contributed by atoms with Gasteiger partial charge < -0.3 is 15.7 Å². The van der Waals surface area contributed by atoms with Crippen molar-refractivity contribution in [2.24, 2.45) is 30.5 Å². The average Bonchev–Trinajstić information content (AvgIpc) is 2.99. The smallest absolute Gasteiger partial charge is 0.269 e. The van der Waals surface area contributed by atoms with Gasteiger partial charge in [-0.05, 0) is 68.9 Å². The van der Waals surface area contributed by atoms with Gasteiger partial charge in [0.15, 0.2) is 5.69 Å². The minimum absolute atomic E-state index is 0.289. The van der Waals surface area contributed by atoms with Gasteiger partial charge in [0.1, 0.15) is 5.82 Å². The van der Waals surface area contributed by atoms with Crippen molar-refractivity contribution < 1.29 is 9.90 Å². The van der Waals surface area contributed by atoms with E-state index in [0.29, 0.717) is 23.8 Å². The zero-order chi connectivity index (χ0) is 19.6. The number of amides is 1. The Bertz CT molecular complexity index is 903. The van der Waals surface area contributed by atoms with Crippen molar-refractivity contribution in [2.45, 2.75) is 50.7 Å². The number of aliphatic hydroxyl groups is 1. The van der Waals surface area contributed by atoms with E-state index in [-0.39, 0.29) is 5.69 Å². The van der Waals surface area contributed by atoms with Crippen molar-refractivity contribution in [3.8, 4) is 0 Å². The van der Waals surface area contributed by atoms with E-state index < -0.39 is 11.5 Å². The molecule has 0 radical (unpaired) electrons. The second kappa shape index (κ2) is 6.08. The number of primary amides is 1. The Morgan fingerprint density at radius 3 is 2.39 bits per heavy atom. The zero-order valence-corrected chi connectivity index (χ0v) is 16.5. The zero-order valence-electron chi connectivity index (χ0n) is 16.5. The van der Waals surface area contributed by atoms with Crippen LogP contribution in [-0.2, 0) is 7.05 Å². The van der Waals surface area contributed by atoms with Crippen LogP contribution >= 0.6 is 0 Å². The molecule has 0 spiro atoms. The van der Waals surface area contributed by atoms with Crippen molar-refractivity contribution in [2.75, 3.05) is 4.90 Å². The number of benzene rings is 1. The Morgan fingerprint density at radius 1 is 1.21 bits per heavy atom. The van der Waals surface area contributed by atoms with Crippen LogP contribution in [0.5, 0.6) is 0 Å². The maximum atomic E-state index is 11.7. The Hall–Kier alpha value is -2.34. The molecule has 4 fully saturated rings. The first-order valence-corrected chi connectivity index (χ1v) is 10.3. The molecular formula is C22H28N4O2. The number of hydrogen-bond donors (Lipinski definition) is 2. The summed E-state index contributed by atoms with van der Waals surface area (Å²) >= 11 is 0. The van der Waals surface area contributed by atoms with E-state index in [2.05, 4.69) is 41.2 Å². The molecule has 6 rings (SSSR count). The first-order chi connectivity index (χ1) is 13.3. The van der Waals surface area contributed by atoms with Crippen molar-refractivity contribution >= 4 is 17.4 Å². The molecule has 1 amide bonds. The highest BCUT2D eigenvalue weighted by Crippen LogP contribution is 2.58. The van der Waals surface area contributed by atoms with Crippen molar-refractivity contribution in [1.29, 1.82) is 0 Å². The maximum absolute atomic E-state index is 11.7. The third-order valence-corrected chi connectivity index (χ3v) is 7.16. The summed E-state index contributed by atoms with van der Waals surface area (Å²) in [6.45, 7) is 2.09. The van der Waals surface area contributed by atoms with Crippen LogP contribution in [0.2, 0.25) is 0 Å². The van der Waals surface area contributed by atoms with Crippen LogP contribution < -0.4 is 10.6 Å². The molecule has 6 heteroatoms. The molecule has 4 aliphatic rings. The number of hydrogen-bond acceptors (Lipinski definition) is 4. The number of nitrogens with two attached hydrogens (primary N) is 1. The van der Waals surface area contributed by atoms with Gasteiger partial charge in [0.05, 0.1) is 5.60 Å². The van der Waals surface area contributed by atoms with Crippen LogP contribution in [0.1, 0.15) is 48.2 Å². The van der Waals surface area contributed by atoms with E-state index in [1.807, 2.05) is 13.1 Å². The minimum Gasteiger partial charge on any atom is -0.390 e. The lowest BCUT2D eigenvalue weighted by molar-refractivity contribution is -0.132. The Morgan fingerprint density at radius 2 is 1.86 bits per heavy atom. The van der Waals surface area contributed by atoms with Crippen LogP contribution in [0.25, 0.3) is 0 Å². The second-order valence-corrected chi connectivity index (χ2v) is 9.27. The molecule has 4 aliphatic carbocycles. The molecule has 148 valence electrons. The molecule has 2 aromatic rings. The van der Waals surface area contributed by atoms with E-state index in [9.17, 15) is 9.90 Å². The molecule has 2 atom stereocenters. The van der Waals surface area contributed by atoms with E-state index in [1.165, 1.54) is 18.4 Å². The summed E-state index contributed by atoms with van der Waals surface area (Å²) in [6, 6.07) is 10.6. The predicted molar refractivity (Wildman–Crippen MR) is 107 cm³/mol. The van der Waals surface area contributed by atoms with Gasteiger partial charge in [-0.25, -0.2) is 0 Å². The second-order valence-electron chi connectivity index (χ2n) is 9.27. The van der Waals surface area contributed by atoms with E-state index in [0.717, 1.165) is 30.8 Å². The lowest BCUT2D eigenvalue weighted by Gasteiger charge is -2.60. The highest BCUT2D eigenvalue weighted by Gasteiger charge is 2.56. The van der Waals surface area contributed by atoms with Crippen LogP contribution in [-0.4, -0.2) is 32.4 Å². The summed E-state index contributed by atoms with van der Waals surface area (Å²) in [5.41, 5.74) is 7.63. The van der Waals surface area contributed by atoms with Crippen LogP contribution in [0, 0.1) is 24.7 Å². The molecule has 6 nitrogen and oxygen atoms in total. The van der Waals surface area contributed by atoms with Gasteiger partial charge in [-0.15, -0.1) is 0 Å². The molecule has 2 unspecified atom stereocenters. The number of carbonyl (C=O) groups is 1. The molecule has 4 bridgehead atoms. The fourth-order valence-corrected chi connectivity index (χ4v) is 6.34. The normalized spacial score (nSPS) is 33.2. The fourth-order valence-electron chi connectivity index (χ4n) is 6.34. The molecule has 0 saturated heterocycles. The topological polar surface area (TPSA) is 84.4 Å². The van der Waals surface area contributed by atoms with E-state index >= 15 is 0 Å². The Labute approximate surface area is 165 Å². The number of aryl methyl sites for hydroxylation is 2. The maximum Gasteiger partial charge on any atom is 0.269 e. The number of rotatable bonds is 4. The van der Waals surface area contributed by atoms with Crippen LogP contribution in [0.4, 0.5) is 11.5 Å². The Kier molecular flexibility index (Phi) is 3.85. The fraction of sp³-hybridized carbons (Fsp3) is 0.545. The summed E-state index contributed by atoms with van der Waals surface area (Å²) in [5, 5.41) is 15.4. The largest absolute Gasteiger partial charge is 0.390 e. The summed E-state index contributed by atoms with van der Waals surface area (Å²) in [6.07, 6.45) is 5.05. The molecule has 1 heterocycles. The van der Waals surface area contributed by atoms with Gasteiger partial charge in [-0.1, -0.05) is 17.7 Å². The molecule has 1 aromatic carbocycles. The first kappa shape index (κ1) is 17.7. The number of anilines is 2. The standard InChI is InChI=1S/C22H28N4O2/c1-13-3-5-17(6-4-13)26(19-9-18(21(23)27)24-25(19)2)20-15-7-14-8-16(20)12-22(28,10-14)11-15/h3-6,9,14-16,20,28H,7-8,10-12H2,1-2H3,(H2,23,27). The quantitative estimate of drug-likeness (QED) is 0.854. The summed E-state index contributed by atoms with van der Waals surface area (Å²) < 4.78 is 1.76. The van der Waals surface area contributed by atoms with E-state index in [1.54, 1.807) is 4.68 Å². The van der Waals surface area contributed by atoms with Gasteiger partial charge >= 0.3 is 0 Å². The number of carbonyl (C=O) groups excluding carboxylic acids is 1. The minimum atomic E-state index is -0.509. The van der Waals surface area contributed by atoms with Gasteiger partial charge in [0.25, 0.3) is 5.91 Å². The SMILES string of the molecule is Cc1ccc(N(c2cc(C(N)=O)nn2C)C2C3CC4CC2CC(O)(C4)C3)cc1. The van der Waals surface area contributed by atoms with Gasteiger partial charge in [0, 0.05) is 24.8 Å². The lowest BCUT2D eigenvalue weighted by atomic mass is 9.52. The third-order valence-electron chi connectivity index (χ3n) is 7.16. The van der Waals surface area contributed by atoms with Gasteiger partial charge in [0.2, 0.25) is 0 Å². The van der Waals surface area contributed by atoms with E-state index in [4.69, 9.17) is 5.73 Å². The molecular weight excluding hydrogens is 352 g/mol. The highest BCUT2D eigenvalue weighted by molar-refractivity contribution is 5.92. The monoisotopic (exact) mass is 380 g/mol. The summed E-state index contributed by atoms with van der Waals surface area (Å²) in [4.78, 5) is 14.1. The average molecular weight is 380 g/mol. The lowest BCUT2D eigenvalue weighted by Crippen LogP contribution is -2.61. The molecule has 28 heavy (non-hydrogen) atoms. The summed E-state index contributed by atoms with van der Waals surface area (Å²) in [7, 11) is 1.87.